The van der Waals surface area contributed by atoms with Gasteiger partial charge in [0.1, 0.15) is 40.1 Å². The lowest BCUT2D eigenvalue weighted by molar-refractivity contribution is -0.121. The summed E-state index contributed by atoms with van der Waals surface area (Å²) in [7, 11) is 4.52. The van der Waals surface area contributed by atoms with Gasteiger partial charge < -0.3 is 39.8 Å². The number of aromatic hydroxyl groups is 2. The zero-order valence-electron chi connectivity index (χ0n) is 29.5. The maximum atomic E-state index is 13.6. The number of phenolic OH excluding ortho intramolecular Hbond substituents is 2. The van der Waals surface area contributed by atoms with Crippen molar-refractivity contribution in [1.82, 2.24) is 5.32 Å². The zero-order valence-corrected chi connectivity index (χ0v) is 29.5. The molecule has 4 N–H and O–H groups in total. The molecule has 51 heavy (non-hydrogen) atoms. The van der Waals surface area contributed by atoms with Gasteiger partial charge in [-0.1, -0.05) is 24.3 Å². The third-order valence-corrected chi connectivity index (χ3v) is 8.66. The number of hydrogen-bond donors (Lipinski definition) is 4. The number of methoxy groups -OCH3 is 3. The molecule has 0 spiro atoms. The van der Waals surface area contributed by atoms with Crippen molar-refractivity contribution in [3.05, 3.63) is 76.9 Å². The van der Waals surface area contributed by atoms with Gasteiger partial charge >= 0.3 is 5.97 Å². The van der Waals surface area contributed by atoms with Gasteiger partial charge in [0.15, 0.2) is 0 Å². The number of benzene rings is 3. The average Bonchev–Trinajstić information content (AvgIpc) is 3.10. The molecular weight excluding hydrogens is 656 g/mol. The second kappa shape index (κ2) is 18.5. The average molecular weight is 703 g/mol. The third kappa shape index (κ3) is 10.5. The van der Waals surface area contributed by atoms with Crippen molar-refractivity contribution < 1.29 is 48.3 Å². The Bertz CT molecular complexity index is 1730. The normalized spacial score (nSPS) is 15.8. The Morgan fingerprint density at radius 1 is 0.922 bits per heavy atom. The van der Waals surface area contributed by atoms with Crippen molar-refractivity contribution in [2.75, 3.05) is 33.2 Å². The number of hydrogen-bond acceptors (Lipinski definition) is 10. The molecule has 0 aliphatic carbocycles. The highest BCUT2D eigenvalue weighted by Gasteiger charge is 2.31. The fourth-order valence-corrected chi connectivity index (χ4v) is 5.93. The van der Waals surface area contributed by atoms with E-state index >= 15 is 0 Å². The molecule has 12 heteroatoms. The minimum Gasteiger partial charge on any atom is -0.507 e. The predicted molar refractivity (Wildman–Crippen MR) is 192 cm³/mol. The van der Waals surface area contributed by atoms with E-state index < -0.39 is 29.6 Å². The number of fused-ring (bicyclic) bond motifs is 1. The highest BCUT2D eigenvalue weighted by atomic mass is 16.5. The van der Waals surface area contributed by atoms with Crippen molar-refractivity contribution in [2.24, 2.45) is 0 Å². The molecule has 272 valence electrons. The maximum absolute atomic E-state index is 13.6. The van der Waals surface area contributed by atoms with Crippen molar-refractivity contribution >= 4 is 35.3 Å². The van der Waals surface area contributed by atoms with Crippen LogP contribution in [0.25, 0.3) is 6.08 Å². The van der Waals surface area contributed by atoms with Gasteiger partial charge in [0.05, 0.1) is 33.1 Å². The van der Waals surface area contributed by atoms with Gasteiger partial charge in [0, 0.05) is 49.8 Å². The van der Waals surface area contributed by atoms with Gasteiger partial charge in [0.25, 0.3) is 0 Å². The summed E-state index contributed by atoms with van der Waals surface area (Å²) in [6, 6.07) is 13.1. The van der Waals surface area contributed by atoms with Crippen LogP contribution in [0.5, 0.6) is 28.7 Å². The smallest absolute Gasteiger partial charge is 0.342 e. The highest BCUT2D eigenvalue weighted by molar-refractivity contribution is 5.98. The fraction of sp³-hybridized carbons (Fsp3) is 0.385. The van der Waals surface area contributed by atoms with E-state index in [0.717, 1.165) is 0 Å². The summed E-state index contributed by atoms with van der Waals surface area (Å²) < 4.78 is 21.5. The van der Waals surface area contributed by atoms with Crippen molar-refractivity contribution in [2.45, 2.75) is 70.3 Å². The number of carbonyl (C=O) groups is 4. The van der Waals surface area contributed by atoms with Gasteiger partial charge in [0.2, 0.25) is 11.8 Å². The summed E-state index contributed by atoms with van der Waals surface area (Å²) in [6.45, 7) is 1.72. The predicted octanol–water partition coefficient (Wildman–Crippen LogP) is 6.27. The first-order valence-electron chi connectivity index (χ1n) is 16.9. The van der Waals surface area contributed by atoms with Crippen LogP contribution < -0.4 is 24.8 Å². The summed E-state index contributed by atoms with van der Waals surface area (Å²) >= 11 is 0. The molecule has 1 aliphatic heterocycles. The van der Waals surface area contributed by atoms with Crippen LogP contribution in [0.4, 0.5) is 5.69 Å². The van der Waals surface area contributed by atoms with E-state index in [0.29, 0.717) is 67.0 Å². The second-order valence-corrected chi connectivity index (χ2v) is 12.3. The zero-order chi connectivity index (χ0) is 36.9. The van der Waals surface area contributed by atoms with E-state index in [9.17, 15) is 29.4 Å². The molecule has 0 fully saturated rings. The van der Waals surface area contributed by atoms with Crippen LogP contribution in [0, 0.1) is 0 Å². The van der Waals surface area contributed by atoms with Crippen molar-refractivity contribution in [1.29, 1.82) is 0 Å². The number of rotatable bonds is 11. The number of phenols is 2. The molecule has 0 radical (unpaired) electrons. The third-order valence-electron chi connectivity index (χ3n) is 8.66. The molecule has 4 rings (SSSR count). The number of cyclic esters (lactones) is 1. The standard InChI is InChI=1S/C39H46N2O10/c1-24-9-8-12-27(42)11-7-5-6-10-26-21-32(43)37(38(46)36(26)39(47)51-24)30(25-13-15-28(48-2)16-14-25)23-35(45)40-20-19-34(44)41-31-18-17-29(49-3)22-33(31)50-4/h6,10,13-18,21-22,24,30,43,46H,5,7-9,11-12,19-20,23H2,1-4H3,(H,40,45)(H,41,44). The SMILES string of the molecule is COc1ccc(C(CC(=O)NCCC(=O)Nc2ccc(OC)cc2OC)c2c(O)cc3c(c2O)C(=O)OC(C)CCCC(=O)CCCC=C3)cc1. The van der Waals surface area contributed by atoms with Gasteiger partial charge in [-0.25, -0.2) is 4.79 Å². The number of Topliss-reactive ketones (excluding diaryl/α,β-unsaturated/α-hetero) is 1. The molecule has 12 nitrogen and oxygen atoms in total. The fourth-order valence-electron chi connectivity index (χ4n) is 5.93. The van der Waals surface area contributed by atoms with Gasteiger partial charge in [-0.05, 0) is 74.1 Å². The first-order valence-corrected chi connectivity index (χ1v) is 16.9. The van der Waals surface area contributed by atoms with E-state index in [-0.39, 0.29) is 53.5 Å². The molecule has 0 bridgehead atoms. The number of allylic oxidation sites excluding steroid dienone is 1. The Kier molecular flexibility index (Phi) is 13.9. The molecule has 3 aromatic carbocycles. The molecule has 1 aliphatic rings. The van der Waals surface area contributed by atoms with Crippen LogP contribution in [0.15, 0.2) is 54.6 Å². The van der Waals surface area contributed by atoms with E-state index in [4.69, 9.17) is 18.9 Å². The summed E-state index contributed by atoms with van der Waals surface area (Å²) in [6.07, 6.45) is 5.63. The summed E-state index contributed by atoms with van der Waals surface area (Å²) in [5.41, 5.74) is 1.09. The van der Waals surface area contributed by atoms with Crippen LogP contribution in [0.2, 0.25) is 0 Å². The van der Waals surface area contributed by atoms with Crippen LogP contribution >= 0.6 is 0 Å². The van der Waals surface area contributed by atoms with Crippen molar-refractivity contribution in [3.8, 4) is 28.7 Å². The van der Waals surface area contributed by atoms with Crippen molar-refractivity contribution in [3.63, 3.8) is 0 Å². The number of ketones is 1. The number of nitrogens with one attached hydrogen (secondary N) is 2. The topological polar surface area (TPSA) is 170 Å². The number of carbonyl (C=O) groups excluding carboxylic acids is 4. The monoisotopic (exact) mass is 702 g/mol. The highest BCUT2D eigenvalue weighted by Crippen LogP contribution is 2.44. The Labute approximate surface area is 297 Å². The number of amides is 2. The molecule has 3 aromatic rings. The molecule has 0 aromatic heterocycles. The Morgan fingerprint density at radius 2 is 1.63 bits per heavy atom. The van der Waals surface area contributed by atoms with Crippen LogP contribution in [-0.4, -0.2) is 67.8 Å². The number of esters is 1. The van der Waals surface area contributed by atoms with E-state index in [1.54, 1.807) is 61.5 Å². The van der Waals surface area contributed by atoms with E-state index in [1.165, 1.54) is 27.4 Å². The summed E-state index contributed by atoms with van der Waals surface area (Å²) in [5, 5.41) is 28.6. The molecule has 2 atom stereocenters. The second-order valence-electron chi connectivity index (χ2n) is 12.3. The maximum Gasteiger partial charge on any atom is 0.342 e. The Hall–Kier alpha value is -5.52. The molecule has 2 amide bonds. The molecule has 2 unspecified atom stereocenters. The summed E-state index contributed by atoms with van der Waals surface area (Å²) in [5.74, 6) is -1.66. The minimum atomic E-state index is -0.910. The van der Waals surface area contributed by atoms with Crippen LogP contribution in [0.3, 0.4) is 0 Å². The lowest BCUT2D eigenvalue weighted by Crippen LogP contribution is -2.29. The summed E-state index contributed by atoms with van der Waals surface area (Å²) in [4.78, 5) is 51.9. The largest absolute Gasteiger partial charge is 0.507 e. The van der Waals surface area contributed by atoms with Gasteiger partial charge in [-0.15, -0.1) is 0 Å². The molecular formula is C39H46N2O10. The minimum absolute atomic E-state index is 0.00122. The Morgan fingerprint density at radius 3 is 2.33 bits per heavy atom. The molecule has 1 heterocycles. The Balaban J connectivity index is 1.60. The molecule has 0 saturated carbocycles. The van der Waals surface area contributed by atoms with Gasteiger partial charge in [-0.3, -0.25) is 14.4 Å². The molecule has 0 saturated heterocycles. The lowest BCUT2D eigenvalue weighted by atomic mass is 9.84. The quantitative estimate of drug-likeness (QED) is 0.167. The number of anilines is 1. The first-order chi connectivity index (χ1) is 24.5. The number of ether oxygens (including phenoxy) is 4. The first kappa shape index (κ1) is 38.3. The van der Waals surface area contributed by atoms with Gasteiger partial charge in [-0.2, -0.15) is 0 Å². The van der Waals surface area contributed by atoms with E-state index in [2.05, 4.69) is 10.6 Å². The lowest BCUT2D eigenvalue weighted by Gasteiger charge is -2.23. The van der Waals surface area contributed by atoms with Crippen LogP contribution in [0.1, 0.15) is 91.3 Å². The van der Waals surface area contributed by atoms with E-state index in [1.807, 2.05) is 0 Å². The van der Waals surface area contributed by atoms with Crippen LogP contribution in [-0.2, 0) is 19.1 Å².